The second kappa shape index (κ2) is 8.89. The molecule has 0 amide bonds. The fraction of sp³-hybridized carbons (Fsp3) is 0.0541. The van der Waals surface area contributed by atoms with Crippen LogP contribution in [-0.4, -0.2) is 22.7 Å². The van der Waals surface area contributed by atoms with E-state index in [0.717, 1.165) is 44.0 Å². The van der Waals surface area contributed by atoms with Crippen LogP contribution < -0.4 is 5.30 Å². The maximum absolute atomic E-state index is 12.4. The standard InChI is InChI=1S/C37H27N2OP/c1-41(2,40)29-19-15-25(16-20-29)24-11-13-26(14-12-24)28-17-21-32-33(23-28)31-9-5-6-10-34(31)39-35-22-18-27-7-3-4-8-30(27)36(35)38-37(32)39/h3-23H,1-2H3. The number of aromatic nitrogens is 2. The summed E-state index contributed by atoms with van der Waals surface area (Å²) >= 11 is 0. The van der Waals surface area contributed by atoms with E-state index in [-0.39, 0.29) is 0 Å². The third-order valence-corrected chi connectivity index (χ3v) is 9.83. The Balaban J connectivity index is 1.29. The van der Waals surface area contributed by atoms with E-state index in [4.69, 9.17) is 4.98 Å². The van der Waals surface area contributed by atoms with Gasteiger partial charge in [0.1, 0.15) is 12.8 Å². The van der Waals surface area contributed by atoms with E-state index in [9.17, 15) is 4.57 Å². The number of nitrogens with zero attached hydrogens (tertiary/aromatic N) is 2. The van der Waals surface area contributed by atoms with Gasteiger partial charge in [-0.3, -0.25) is 4.40 Å². The molecule has 0 bridgehead atoms. The Morgan fingerprint density at radius 3 is 1.88 bits per heavy atom. The van der Waals surface area contributed by atoms with Crippen molar-refractivity contribution in [2.45, 2.75) is 0 Å². The lowest BCUT2D eigenvalue weighted by atomic mass is 9.97. The van der Waals surface area contributed by atoms with Crippen molar-refractivity contribution in [1.82, 2.24) is 9.38 Å². The Morgan fingerprint density at radius 1 is 0.537 bits per heavy atom. The zero-order chi connectivity index (χ0) is 27.7. The van der Waals surface area contributed by atoms with Crippen LogP contribution in [-0.2, 0) is 4.57 Å². The minimum absolute atomic E-state index is 0.911. The van der Waals surface area contributed by atoms with Gasteiger partial charge in [0.15, 0.2) is 0 Å². The number of fused-ring (bicyclic) bond motifs is 10. The van der Waals surface area contributed by atoms with Crippen molar-refractivity contribution in [3.8, 4) is 22.3 Å². The Labute approximate surface area is 238 Å². The molecule has 8 rings (SSSR count). The molecule has 2 aromatic heterocycles. The van der Waals surface area contributed by atoms with Gasteiger partial charge in [0.2, 0.25) is 0 Å². The molecule has 2 heterocycles. The summed E-state index contributed by atoms with van der Waals surface area (Å²) in [5, 5.41) is 6.85. The molecule has 0 spiro atoms. The molecule has 3 nitrogen and oxygen atoms in total. The molecule has 0 aliphatic carbocycles. The predicted octanol–water partition coefficient (Wildman–Crippen LogP) is 9.53. The molecule has 0 saturated heterocycles. The summed E-state index contributed by atoms with van der Waals surface area (Å²) in [6.07, 6.45) is 0. The molecule has 0 aliphatic rings. The zero-order valence-electron chi connectivity index (χ0n) is 22.9. The molecule has 0 atom stereocenters. The number of benzene rings is 6. The lowest BCUT2D eigenvalue weighted by molar-refractivity contribution is 0.588. The van der Waals surface area contributed by atoms with Crippen LogP contribution in [0, 0.1) is 0 Å². The molecular weight excluding hydrogens is 519 g/mol. The van der Waals surface area contributed by atoms with Gasteiger partial charge in [0.25, 0.3) is 0 Å². The lowest BCUT2D eigenvalue weighted by Gasteiger charge is -2.11. The van der Waals surface area contributed by atoms with Crippen LogP contribution in [0.25, 0.3) is 71.4 Å². The lowest BCUT2D eigenvalue weighted by Crippen LogP contribution is -2.01. The van der Waals surface area contributed by atoms with Gasteiger partial charge in [0, 0.05) is 21.5 Å². The molecule has 41 heavy (non-hydrogen) atoms. The Kier molecular flexibility index (Phi) is 5.23. The second-order valence-corrected chi connectivity index (χ2v) is 14.4. The Hall–Kier alpha value is -4.72. The van der Waals surface area contributed by atoms with Crippen LogP contribution in [0.4, 0.5) is 0 Å². The average molecular weight is 547 g/mol. The monoisotopic (exact) mass is 546 g/mol. The van der Waals surface area contributed by atoms with Gasteiger partial charge in [-0.2, -0.15) is 0 Å². The van der Waals surface area contributed by atoms with Crippen molar-refractivity contribution in [3.05, 3.63) is 127 Å². The van der Waals surface area contributed by atoms with Crippen LogP contribution in [0.15, 0.2) is 127 Å². The normalized spacial score (nSPS) is 12.2. The maximum atomic E-state index is 12.4. The van der Waals surface area contributed by atoms with E-state index in [0.29, 0.717) is 0 Å². The first-order valence-electron chi connectivity index (χ1n) is 13.9. The first-order chi connectivity index (χ1) is 20.0. The molecule has 196 valence electrons. The number of hydrogen-bond acceptors (Lipinski definition) is 2. The van der Waals surface area contributed by atoms with E-state index in [1.165, 1.54) is 32.7 Å². The first kappa shape index (κ1) is 24.1. The van der Waals surface area contributed by atoms with Crippen LogP contribution in [0.3, 0.4) is 0 Å². The molecule has 4 heteroatoms. The van der Waals surface area contributed by atoms with Gasteiger partial charge in [-0.1, -0.05) is 103 Å². The quantitative estimate of drug-likeness (QED) is 0.163. The summed E-state index contributed by atoms with van der Waals surface area (Å²) < 4.78 is 14.7. The smallest absolute Gasteiger partial charge is 0.146 e. The largest absolute Gasteiger partial charge is 0.319 e. The number of para-hydroxylation sites is 1. The van der Waals surface area contributed by atoms with Crippen molar-refractivity contribution < 1.29 is 4.57 Å². The summed E-state index contributed by atoms with van der Waals surface area (Å²) in [5.74, 6) is 0. The highest BCUT2D eigenvalue weighted by Crippen LogP contribution is 2.37. The van der Waals surface area contributed by atoms with Gasteiger partial charge in [0.05, 0.1) is 16.6 Å². The second-order valence-electron chi connectivity index (χ2n) is 11.2. The molecule has 0 radical (unpaired) electrons. The highest BCUT2D eigenvalue weighted by Gasteiger charge is 2.16. The molecule has 0 unspecified atom stereocenters. The van der Waals surface area contributed by atoms with Crippen LogP contribution >= 0.6 is 7.14 Å². The number of hydrogen-bond donors (Lipinski definition) is 0. The van der Waals surface area contributed by atoms with Gasteiger partial charge >= 0.3 is 0 Å². The minimum atomic E-state index is -2.26. The summed E-state index contributed by atoms with van der Waals surface area (Å²) in [6.45, 7) is 3.62. The van der Waals surface area contributed by atoms with Crippen LogP contribution in [0.5, 0.6) is 0 Å². The molecule has 8 aromatic rings. The van der Waals surface area contributed by atoms with Gasteiger partial charge in [-0.05, 0) is 70.6 Å². The highest BCUT2D eigenvalue weighted by molar-refractivity contribution is 7.70. The Bertz CT molecular complexity index is 2340. The molecular formula is C37H27N2OP. The maximum Gasteiger partial charge on any atom is 0.146 e. The third kappa shape index (κ3) is 3.81. The summed E-state index contributed by atoms with van der Waals surface area (Å²) in [4.78, 5) is 5.24. The summed E-state index contributed by atoms with van der Waals surface area (Å²) in [7, 11) is -2.26. The van der Waals surface area contributed by atoms with E-state index in [2.05, 4.69) is 120 Å². The number of rotatable bonds is 3. The van der Waals surface area contributed by atoms with Gasteiger partial charge in [-0.15, -0.1) is 0 Å². The van der Waals surface area contributed by atoms with E-state index in [1.807, 2.05) is 25.5 Å². The van der Waals surface area contributed by atoms with Gasteiger partial charge < -0.3 is 4.57 Å². The predicted molar refractivity (Wildman–Crippen MR) is 175 cm³/mol. The minimum Gasteiger partial charge on any atom is -0.319 e. The Morgan fingerprint density at radius 2 is 1.15 bits per heavy atom. The van der Waals surface area contributed by atoms with Crippen LogP contribution in [0.2, 0.25) is 0 Å². The van der Waals surface area contributed by atoms with Crippen molar-refractivity contribution in [2.75, 3.05) is 13.3 Å². The van der Waals surface area contributed by atoms with Crippen molar-refractivity contribution in [3.63, 3.8) is 0 Å². The summed E-state index contributed by atoms with van der Waals surface area (Å²) in [6, 6.07) is 45.0. The zero-order valence-corrected chi connectivity index (χ0v) is 23.8. The van der Waals surface area contributed by atoms with E-state index >= 15 is 0 Å². The van der Waals surface area contributed by atoms with E-state index in [1.54, 1.807) is 0 Å². The van der Waals surface area contributed by atoms with Crippen LogP contribution in [0.1, 0.15) is 0 Å². The van der Waals surface area contributed by atoms with Crippen molar-refractivity contribution in [1.29, 1.82) is 0 Å². The molecule has 0 aliphatic heterocycles. The van der Waals surface area contributed by atoms with Crippen molar-refractivity contribution in [2.24, 2.45) is 0 Å². The fourth-order valence-electron chi connectivity index (χ4n) is 6.14. The van der Waals surface area contributed by atoms with Gasteiger partial charge in [-0.25, -0.2) is 4.98 Å². The molecule has 0 N–H and O–H groups in total. The van der Waals surface area contributed by atoms with E-state index < -0.39 is 7.14 Å². The fourth-order valence-corrected chi connectivity index (χ4v) is 7.01. The topological polar surface area (TPSA) is 34.4 Å². The number of imidazole rings is 1. The summed E-state index contributed by atoms with van der Waals surface area (Å²) in [5.41, 5.74) is 8.92. The SMILES string of the molecule is CP(C)(=O)c1ccc(-c2ccc(-c3ccc4c(c3)c3ccccc3n3c5ccc6ccccc6c5nc43)cc2)cc1. The highest BCUT2D eigenvalue weighted by atomic mass is 31.2. The first-order valence-corrected chi connectivity index (χ1v) is 16.5. The third-order valence-electron chi connectivity index (χ3n) is 8.29. The molecule has 0 saturated carbocycles. The average Bonchev–Trinajstić information content (AvgIpc) is 3.41. The molecule has 6 aromatic carbocycles. The van der Waals surface area contributed by atoms with Crippen molar-refractivity contribution >= 4 is 61.6 Å². The number of pyridine rings is 1. The molecule has 0 fully saturated rings.